The van der Waals surface area contributed by atoms with Crippen LogP contribution in [0.2, 0.25) is 0 Å². The first-order valence-electron chi connectivity index (χ1n) is 6.79. The van der Waals surface area contributed by atoms with Crippen LogP contribution in [0.15, 0.2) is 16.7 Å². The number of aryl methyl sites for hydroxylation is 1. The molecule has 1 aliphatic heterocycles. The number of rotatable bonds is 5. The maximum atomic E-state index is 5.57. The molecule has 0 bridgehead atoms. The summed E-state index contributed by atoms with van der Waals surface area (Å²) in [5.74, 6) is 1.13. The van der Waals surface area contributed by atoms with Crippen molar-refractivity contribution >= 4 is 0 Å². The molecule has 2 rings (SSSR count). The number of nitrogens with one attached hydrogen (secondary N) is 1. The van der Waals surface area contributed by atoms with Gasteiger partial charge in [0.2, 0.25) is 0 Å². The first kappa shape index (κ1) is 12.7. The summed E-state index contributed by atoms with van der Waals surface area (Å²) in [6.45, 7) is 8.79. The second kappa shape index (κ2) is 6.22. The van der Waals surface area contributed by atoms with Gasteiger partial charge in [-0.2, -0.15) is 0 Å². The van der Waals surface area contributed by atoms with Gasteiger partial charge in [-0.15, -0.1) is 0 Å². The van der Waals surface area contributed by atoms with Crippen molar-refractivity contribution in [2.75, 3.05) is 19.6 Å². The molecule has 1 aliphatic rings. The Hall–Kier alpha value is -0.800. The molecule has 1 N–H and O–H groups in total. The van der Waals surface area contributed by atoms with Gasteiger partial charge in [0.25, 0.3) is 0 Å². The molecule has 0 aromatic carbocycles. The van der Waals surface area contributed by atoms with E-state index in [4.69, 9.17) is 4.42 Å². The fourth-order valence-electron chi connectivity index (χ4n) is 2.57. The van der Waals surface area contributed by atoms with Crippen LogP contribution in [0, 0.1) is 6.92 Å². The molecule has 0 saturated carbocycles. The minimum atomic E-state index is 0.674. The highest BCUT2D eigenvalue weighted by Gasteiger charge is 2.21. The molecule has 96 valence electrons. The summed E-state index contributed by atoms with van der Waals surface area (Å²) in [5.41, 5.74) is 1.27. The van der Waals surface area contributed by atoms with Crippen molar-refractivity contribution in [2.24, 2.45) is 0 Å². The zero-order chi connectivity index (χ0) is 12.1. The molecule has 0 amide bonds. The molecule has 1 atom stereocenters. The predicted octanol–water partition coefficient (Wildman–Crippen LogP) is 2.55. The van der Waals surface area contributed by atoms with Gasteiger partial charge in [0, 0.05) is 12.6 Å². The molecule has 0 aliphatic carbocycles. The lowest BCUT2D eigenvalue weighted by molar-refractivity contribution is 0.147. The predicted molar refractivity (Wildman–Crippen MR) is 70.0 cm³/mol. The Bertz CT molecular complexity index is 329. The lowest BCUT2D eigenvalue weighted by atomic mass is 10.1. The van der Waals surface area contributed by atoms with Crippen molar-refractivity contribution in [1.29, 1.82) is 0 Å². The van der Waals surface area contributed by atoms with E-state index in [1.165, 1.54) is 31.4 Å². The van der Waals surface area contributed by atoms with E-state index in [0.717, 1.165) is 25.4 Å². The van der Waals surface area contributed by atoms with Gasteiger partial charge in [-0.3, -0.25) is 4.90 Å². The van der Waals surface area contributed by atoms with Gasteiger partial charge in [-0.1, -0.05) is 6.92 Å². The van der Waals surface area contributed by atoms with Gasteiger partial charge in [-0.25, -0.2) is 0 Å². The molecule has 1 saturated heterocycles. The highest BCUT2D eigenvalue weighted by atomic mass is 16.3. The van der Waals surface area contributed by atoms with Crippen molar-refractivity contribution in [2.45, 2.75) is 45.7 Å². The van der Waals surface area contributed by atoms with Gasteiger partial charge in [0.05, 0.1) is 12.8 Å². The molecule has 1 aromatic rings. The van der Waals surface area contributed by atoms with Crippen molar-refractivity contribution in [3.05, 3.63) is 23.7 Å². The maximum Gasteiger partial charge on any atom is 0.120 e. The Balaban J connectivity index is 1.98. The first-order chi connectivity index (χ1) is 8.31. The highest BCUT2D eigenvalue weighted by molar-refractivity contribution is 5.14. The second-order valence-electron chi connectivity index (χ2n) is 5.00. The fourth-order valence-corrected chi connectivity index (χ4v) is 2.57. The molecule has 2 heterocycles. The van der Waals surface area contributed by atoms with Gasteiger partial charge in [-0.05, 0) is 50.9 Å². The summed E-state index contributed by atoms with van der Waals surface area (Å²) in [7, 11) is 0. The molecular formula is C14H24N2O. The van der Waals surface area contributed by atoms with E-state index in [1.807, 2.05) is 0 Å². The Morgan fingerprint density at radius 3 is 3.00 bits per heavy atom. The van der Waals surface area contributed by atoms with Crippen LogP contribution in [0.25, 0.3) is 0 Å². The number of hydrogen-bond acceptors (Lipinski definition) is 3. The quantitative estimate of drug-likeness (QED) is 0.851. The average Bonchev–Trinajstić information content (AvgIpc) is 2.76. The topological polar surface area (TPSA) is 28.4 Å². The van der Waals surface area contributed by atoms with E-state index in [0.29, 0.717) is 6.04 Å². The lowest BCUT2D eigenvalue weighted by Gasteiger charge is -2.34. The fraction of sp³-hybridized carbons (Fsp3) is 0.714. The molecule has 1 unspecified atom stereocenters. The third kappa shape index (κ3) is 3.33. The third-order valence-corrected chi connectivity index (χ3v) is 3.61. The largest absolute Gasteiger partial charge is 0.468 e. The van der Waals surface area contributed by atoms with Crippen LogP contribution in [-0.2, 0) is 6.54 Å². The zero-order valence-corrected chi connectivity index (χ0v) is 11.0. The SMILES string of the molecule is CCCN(Cc1occc1C)C1CCCNC1. The number of nitrogens with zero attached hydrogens (tertiary/aromatic N) is 1. The van der Waals surface area contributed by atoms with Crippen LogP contribution < -0.4 is 5.32 Å². The molecule has 3 nitrogen and oxygen atoms in total. The summed E-state index contributed by atoms with van der Waals surface area (Å²) in [6, 6.07) is 2.73. The monoisotopic (exact) mass is 236 g/mol. The smallest absolute Gasteiger partial charge is 0.120 e. The number of piperidine rings is 1. The average molecular weight is 236 g/mol. The van der Waals surface area contributed by atoms with Crippen LogP contribution in [0.1, 0.15) is 37.5 Å². The molecule has 0 spiro atoms. The summed E-state index contributed by atoms with van der Waals surface area (Å²) in [6.07, 6.45) is 5.61. The lowest BCUT2D eigenvalue weighted by Crippen LogP contribution is -2.45. The molecule has 1 fully saturated rings. The van der Waals surface area contributed by atoms with E-state index in [-0.39, 0.29) is 0 Å². The van der Waals surface area contributed by atoms with Gasteiger partial charge in [0.1, 0.15) is 5.76 Å². The van der Waals surface area contributed by atoms with Crippen LogP contribution in [0.5, 0.6) is 0 Å². The van der Waals surface area contributed by atoms with Crippen molar-refractivity contribution in [1.82, 2.24) is 10.2 Å². The van der Waals surface area contributed by atoms with Crippen LogP contribution in [0.4, 0.5) is 0 Å². The van der Waals surface area contributed by atoms with Crippen LogP contribution in [-0.4, -0.2) is 30.6 Å². The molecule has 0 radical (unpaired) electrons. The van der Waals surface area contributed by atoms with Crippen molar-refractivity contribution in [3.63, 3.8) is 0 Å². The first-order valence-corrected chi connectivity index (χ1v) is 6.79. The van der Waals surface area contributed by atoms with E-state index in [9.17, 15) is 0 Å². The molecule has 1 aromatic heterocycles. The van der Waals surface area contributed by atoms with E-state index in [2.05, 4.69) is 30.1 Å². The Morgan fingerprint density at radius 2 is 2.41 bits per heavy atom. The Morgan fingerprint density at radius 1 is 1.53 bits per heavy atom. The van der Waals surface area contributed by atoms with Crippen molar-refractivity contribution in [3.8, 4) is 0 Å². The molecular weight excluding hydrogens is 212 g/mol. The van der Waals surface area contributed by atoms with E-state index >= 15 is 0 Å². The maximum absolute atomic E-state index is 5.57. The highest BCUT2D eigenvalue weighted by Crippen LogP contribution is 2.17. The normalized spacial score (nSPS) is 21.0. The molecule has 17 heavy (non-hydrogen) atoms. The van der Waals surface area contributed by atoms with E-state index < -0.39 is 0 Å². The Kier molecular flexibility index (Phi) is 4.63. The summed E-state index contributed by atoms with van der Waals surface area (Å²) in [4.78, 5) is 2.57. The minimum Gasteiger partial charge on any atom is -0.468 e. The second-order valence-corrected chi connectivity index (χ2v) is 5.00. The van der Waals surface area contributed by atoms with Gasteiger partial charge < -0.3 is 9.73 Å². The summed E-state index contributed by atoms with van der Waals surface area (Å²) in [5, 5.41) is 3.50. The van der Waals surface area contributed by atoms with Crippen molar-refractivity contribution < 1.29 is 4.42 Å². The van der Waals surface area contributed by atoms with Crippen LogP contribution >= 0.6 is 0 Å². The summed E-state index contributed by atoms with van der Waals surface area (Å²) < 4.78 is 5.57. The van der Waals surface area contributed by atoms with Gasteiger partial charge in [0.15, 0.2) is 0 Å². The third-order valence-electron chi connectivity index (χ3n) is 3.61. The van der Waals surface area contributed by atoms with Gasteiger partial charge >= 0.3 is 0 Å². The zero-order valence-electron chi connectivity index (χ0n) is 11.0. The molecule has 3 heteroatoms. The van der Waals surface area contributed by atoms with E-state index in [1.54, 1.807) is 6.26 Å². The standard InChI is InChI=1S/C14H24N2O/c1-3-8-16(13-5-4-7-15-10-13)11-14-12(2)6-9-17-14/h6,9,13,15H,3-5,7-8,10-11H2,1-2H3. The number of hydrogen-bond donors (Lipinski definition) is 1. The minimum absolute atomic E-state index is 0.674. The Labute approximate surface area is 104 Å². The van der Waals surface area contributed by atoms with Crippen LogP contribution in [0.3, 0.4) is 0 Å². The summed E-state index contributed by atoms with van der Waals surface area (Å²) >= 11 is 0. The number of furan rings is 1.